The highest BCUT2D eigenvalue weighted by molar-refractivity contribution is 5.87. The monoisotopic (exact) mass is 272 g/mol. The van der Waals surface area contributed by atoms with Gasteiger partial charge in [-0.15, -0.1) is 0 Å². The van der Waals surface area contributed by atoms with Crippen molar-refractivity contribution in [2.45, 2.75) is 57.8 Å². The Morgan fingerprint density at radius 2 is 2.00 bits per heavy atom. The van der Waals surface area contributed by atoms with Crippen molar-refractivity contribution in [2.24, 2.45) is 0 Å². The van der Waals surface area contributed by atoms with Crippen LogP contribution in [0.1, 0.15) is 68.3 Å². The number of carbonyl (C=O) groups is 1. The molecule has 2 heteroatoms. The molecular formula is C18H24O2. The Morgan fingerprint density at radius 3 is 2.55 bits per heavy atom. The molecule has 0 aliphatic heterocycles. The molecule has 1 N–H and O–H groups in total. The molecule has 1 saturated carbocycles. The maximum absolute atomic E-state index is 11.2. The van der Waals surface area contributed by atoms with Gasteiger partial charge < -0.3 is 5.11 Å². The molecule has 0 atom stereocenters. The SMILES string of the molecule is C/C=C(\CC)C1(c2cccc(C(=O)O)c2)CCCCC1. The number of rotatable bonds is 4. The molecule has 0 radical (unpaired) electrons. The molecule has 2 rings (SSSR count). The van der Waals surface area contributed by atoms with Crippen LogP contribution in [-0.4, -0.2) is 11.1 Å². The Balaban J connectivity index is 2.51. The van der Waals surface area contributed by atoms with E-state index in [1.807, 2.05) is 12.1 Å². The van der Waals surface area contributed by atoms with Gasteiger partial charge in [0.25, 0.3) is 0 Å². The Hall–Kier alpha value is -1.57. The minimum atomic E-state index is -0.837. The fourth-order valence-electron chi connectivity index (χ4n) is 3.72. The third kappa shape index (κ3) is 2.65. The van der Waals surface area contributed by atoms with E-state index in [0.717, 1.165) is 19.3 Å². The summed E-state index contributed by atoms with van der Waals surface area (Å²) in [5.41, 5.74) is 3.11. The smallest absolute Gasteiger partial charge is 0.335 e. The minimum Gasteiger partial charge on any atom is -0.478 e. The third-order valence-corrected chi connectivity index (χ3v) is 4.71. The summed E-state index contributed by atoms with van der Waals surface area (Å²) in [5, 5.41) is 9.23. The van der Waals surface area contributed by atoms with Crippen LogP contribution in [0.2, 0.25) is 0 Å². The summed E-state index contributed by atoms with van der Waals surface area (Å²) in [6, 6.07) is 7.56. The summed E-state index contributed by atoms with van der Waals surface area (Å²) in [5.74, 6) is -0.837. The van der Waals surface area contributed by atoms with Crippen molar-refractivity contribution >= 4 is 5.97 Å². The van der Waals surface area contributed by atoms with Gasteiger partial charge in [-0.25, -0.2) is 4.79 Å². The highest BCUT2D eigenvalue weighted by Gasteiger charge is 2.36. The molecule has 0 amide bonds. The molecular weight excluding hydrogens is 248 g/mol. The van der Waals surface area contributed by atoms with Crippen LogP contribution in [0.15, 0.2) is 35.9 Å². The van der Waals surface area contributed by atoms with E-state index < -0.39 is 5.97 Å². The van der Waals surface area contributed by atoms with Crippen LogP contribution in [0.5, 0.6) is 0 Å². The molecule has 0 aromatic heterocycles. The Labute approximate surface area is 121 Å². The van der Waals surface area contributed by atoms with Gasteiger partial charge in [0.1, 0.15) is 0 Å². The Morgan fingerprint density at radius 1 is 1.30 bits per heavy atom. The molecule has 1 fully saturated rings. The van der Waals surface area contributed by atoms with Gasteiger partial charge in [-0.3, -0.25) is 0 Å². The summed E-state index contributed by atoms with van der Waals surface area (Å²) in [7, 11) is 0. The van der Waals surface area contributed by atoms with Crippen molar-refractivity contribution in [3.8, 4) is 0 Å². The molecule has 1 aromatic carbocycles. The molecule has 0 heterocycles. The van der Waals surface area contributed by atoms with Crippen molar-refractivity contribution in [2.75, 3.05) is 0 Å². The maximum Gasteiger partial charge on any atom is 0.335 e. The molecule has 108 valence electrons. The predicted molar refractivity (Wildman–Crippen MR) is 82.2 cm³/mol. The van der Waals surface area contributed by atoms with Crippen LogP contribution in [-0.2, 0) is 5.41 Å². The quantitative estimate of drug-likeness (QED) is 0.788. The molecule has 2 nitrogen and oxygen atoms in total. The third-order valence-electron chi connectivity index (χ3n) is 4.71. The first kappa shape index (κ1) is 14.8. The zero-order valence-electron chi connectivity index (χ0n) is 12.5. The van der Waals surface area contributed by atoms with E-state index in [1.165, 1.54) is 30.4 Å². The summed E-state index contributed by atoms with van der Waals surface area (Å²) >= 11 is 0. The summed E-state index contributed by atoms with van der Waals surface area (Å²) in [6.45, 7) is 4.31. The van der Waals surface area contributed by atoms with Crippen molar-refractivity contribution in [1.29, 1.82) is 0 Å². The zero-order valence-corrected chi connectivity index (χ0v) is 12.5. The lowest BCUT2D eigenvalue weighted by atomic mass is 9.64. The zero-order chi connectivity index (χ0) is 14.6. The van der Waals surface area contributed by atoms with Crippen molar-refractivity contribution in [3.63, 3.8) is 0 Å². The lowest BCUT2D eigenvalue weighted by Crippen LogP contribution is -2.31. The highest BCUT2D eigenvalue weighted by atomic mass is 16.4. The number of hydrogen-bond donors (Lipinski definition) is 1. The lowest BCUT2D eigenvalue weighted by molar-refractivity contribution is 0.0696. The van der Waals surface area contributed by atoms with E-state index in [0.29, 0.717) is 5.56 Å². The predicted octanol–water partition coefficient (Wildman–Crippen LogP) is 4.94. The largest absolute Gasteiger partial charge is 0.478 e. The van der Waals surface area contributed by atoms with E-state index in [2.05, 4.69) is 26.0 Å². The number of carboxylic acids is 1. The number of aromatic carboxylic acids is 1. The van der Waals surface area contributed by atoms with E-state index >= 15 is 0 Å². The van der Waals surface area contributed by atoms with Crippen LogP contribution in [0.25, 0.3) is 0 Å². The van der Waals surface area contributed by atoms with E-state index in [4.69, 9.17) is 0 Å². The maximum atomic E-state index is 11.2. The van der Waals surface area contributed by atoms with Gasteiger partial charge in [-0.2, -0.15) is 0 Å². The van der Waals surface area contributed by atoms with Gasteiger partial charge in [0, 0.05) is 5.41 Å². The second-order valence-electron chi connectivity index (χ2n) is 5.70. The second kappa shape index (κ2) is 6.25. The number of benzene rings is 1. The second-order valence-corrected chi connectivity index (χ2v) is 5.70. The number of carboxylic acid groups (broad SMARTS) is 1. The Bertz CT molecular complexity index is 508. The topological polar surface area (TPSA) is 37.3 Å². The first-order valence-electron chi connectivity index (χ1n) is 7.63. The van der Waals surface area contributed by atoms with E-state index in [1.54, 1.807) is 6.07 Å². The highest BCUT2D eigenvalue weighted by Crippen LogP contribution is 2.46. The number of allylic oxidation sites excluding steroid dienone is 2. The van der Waals surface area contributed by atoms with E-state index in [9.17, 15) is 9.90 Å². The molecule has 1 aliphatic carbocycles. The lowest BCUT2D eigenvalue weighted by Gasteiger charge is -2.40. The van der Waals surface area contributed by atoms with Gasteiger partial charge in [0.2, 0.25) is 0 Å². The van der Waals surface area contributed by atoms with Gasteiger partial charge in [0.05, 0.1) is 5.56 Å². The summed E-state index contributed by atoms with van der Waals surface area (Å²) in [6.07, 6.45) is 9.31. The average Bonchev–Trinajstić information content (AvgIpc) is 2.49. The first-order valence-corrected chi connectivity index (χ1v) is 7.63. The summed E-state index contributed by atoms with van der Waals surface area (Å²) < 4.78 is 0. The fourth-order valence-corrected chi connectivity index (χ4v) is 3.72. The molecule has 0 unspecified atom stereocenters. The number of hydrogen-bond acceptors (Lipinski definition) is 1. The van der Waals surface area contributed by atoms with Crippen molar-refractivity contribution in [1.82, 2.24) is 0 Å². The van der Waals surface area contributed by atoms with E-state index in [-0.39, 0.29) is 5.41 Å². The first-order chi connectivity index (χ1) is 9.64. The van der Waals surface area contributed by atoms with Gasteiger partial charge in [-0.1, -0.05) is 50.0 Å². The average molecular weight is 272 g/mol. The van der Waals surface area contributed by atoms with Gasteiger partial charge in [0.15, 0.2) is 0 Å². The Kier molecular flexibility index (Phi) is 4.64. The molecule has 0 spiro atoms. The minimum absolute atomic E-state index is 0.0627. The normalized spacial score (nSPS) is 18.8. The van der Waals surface area contributed by atoms with Crippen molar-refractivity contribution < 1.29 is 9.90 Å². The molecule has 0 saturated heterocycles. The molecule has 1 aromatic rings. The summed E-state index contributed by atoms with van der Waals surface area (Å²) in [4.78, 5) is 11.2. The van der Waals surface area contributed by atoms with Crippen LogP contribution in [0, 0.1) is 0 Å². The standard InChI is InChI=1S/C18H24O2/c1-3-15(4-2)18(11-6-5-7-12-18)16-10-8-9-14(13-16)17(19)20/h3,8-10,13H,4-7,11-12H2,1-2H3,(H,19,20)/b15-3+. The fraction of sp³-hybridized carbons (Fsp3) is 0.500. The van der Waals surface area contributed by atoms with Crippen molar-refractivity contribution in [3.05, 3.63) is 47.0 Å². The van der Waals surface area contributed by atoms with Gasteiger partial charge in [-0.05, 0) is 43.9 Å². The van der Waals surface area contributed by atoms with Crippen LogP contribution in [0.4, 0.5) is 0 Å². The van der Waals surface area contributed by atoms with Crippen LogP contribution in [0.3, 0.4) is 0 Å². The van der Waals surface area contributed by atoms with Crippen LogP contribution >= 0.6 is 0 Å². The molecule has 20 heavy (non-hydrogen) atoms. The van der Waals surface area contributed by atoms with Crippen LogP contribution < -0.4 is 0 Å². The van der Waals surface area contributed by atoms with Gasteiger partial charge >= 0.3 is 5.97 Å². The molecule has 1 aliphatic rings. The molecule has 0 bridgehead atoms.